The normalized spacial score (nSPS) is 12.2. The van der Waals surface area contributed by atoms with Crippen LogP contribution in [0, 0.1) is 0 Å². The minimum absolute atomic E-state index is 0.293. The Balaban J connectivity index is 2.88. The molecular weight excluding hydrogens is 300 g/mol. The van der Waals surface area contributed by atoms with Crippen molar-refractivity contribution in [3.8, 4) is 0 Å². The van der Waals surface area contributed by atoms with E-state index in [-0.39, 0.29) is 5.97 Å². The van der Waals surface area contributed by atoms with Crippen molar-refractivity contribution < 1.29 is 9.53 Å². The van der Waals surface area contributed by atoms with Gasteiger partial charge in [0.2, 0.25) is 0 Å². The topological polar surface area (TPSA) is 26.3 Å². The van der Waals surface area contributed by atoms with Gasteiger partial charge in [-0.05, 0) is 17.7 Å². The van der Waals surface area contributed by atoms with E-state index >= 15 is 0 Å². The minimum atomic E-state index is -0.394. The molecule has 0 aliphatic rings. The molecule has 0 aromatic heterocycles. The fourth-order valence-electron chi connectivity index (χ4n) is 0.904. The Bertz CT molecular complexity index is 312. The fraction of sp³-hybridized carbons (Fsp3) is 0.222. The van der Waals surface area contributed by atoms with E-state index in [1.165, 1.54) is 7.11 Å². The maximum Gasteiger partial charge on any atom is 0.323 e. The number of hydrogen-bond acceptors (Lipinski definition) is 2. The zero-order valence-corrected chi connectivity index (χ0v) is 10.1. The molecule has 0 aliphatic heterocycles. The molecule has 0 N–H and O–H groups in total. The molecule has 1 atom stereocenters. The first-order valence-corrected chi connectivity index (χ1v) is 5.33. The first-order valence-electron chi connectivity index (χ1n) is 3.62. The number of alkyl halides is 1. The zero-order chi connectivity index (χ0) is 9.84. The van der Waals surface area contributed by atoms with Gasteiger partial charge >= 0.3 is 5.97 Å². The summed E-state index contributed by atoms with van der Waals surface area (Å²) in [5.41, 5.74) is 0.876. The average molecular weight is 308 g/mol. The van der Waals surface area contributed by atoms with Gasteiger partial charge in [-0.3, -0.25) is 4.79 Å². The number of benzene rings is 1. The van der Waals surface area contributed by atoms with Gasteiger partial charge in [0.05, 0.1) is 7.11 Å². The van der Waals surface area contributed by atoms with Gasteiger partial charge in [0.15, 0.2) is 0 Å². The van der Waals surface area contributed by atoms with Crippen LogP contribution < -0.4 is 0 Å². The number of hydrogen-bond donors (Lipinski definition) is 0. The van der Waals surface area contributed by atoms with Crippen LogP contribution in [0.4, 0.5) is 0 Å². The van der Waals surface area contributed by atoms with Gasteiger partial charge in [0.1, 0.15) is 4.83 Å². The summed E-state index contributed by atoms with van der Waals surface area (Å²) in [6, 6.07) is 7.51. The maximum atomic E-state index is 11.1. The Kier molecular flexibility index (Phi) is 3.93. The summed E-state index contributed by atoms with van der Waals surface area (Å²) in [6.07, 6.45) is 0. The molecule has 0 fully saturated rings. The Morgan fingerprint density at radius 1 is 1.54 bits per heavy atom. The van der Waals surface area contributed by atoms with Gasteiger partial charge in [-0.15, -0.1) is 0 Å². The molecule has 0 bridgehead atoms. The van der Waals surface area contributed by atoms with E-state index in [9.17, 15) is 4.79 Å². The van der Waals surface area contributed by atoms with E-state index in [4.69, 9.17) is 0 Å². The Labute approximate surface area is 93.5 Å². The molecule has 0 saturated heterocycles. The quantitative estimate of drug-likeness (QED) is 0.620. The van der Waals surface area contributed by atoms with Crippen LogP contribution in [0.2, 0.25) is 0 Å². The Morgan fingerprint density at radius 2 is 2.23 bits per heavy atom. The highest BCUT2D eigenvalue weighted by molar-refractivity contribution is 9.10. The number of carbonyl (C=O) groups is 1. The van der Waals surface area contributed by atoms with E-state index in [0.29, 0.717) is 0 Å². The lowest BCUT2D eigenvalue weighted by molar-refractivity contribution is -0.139. The fourth-order valence-corrected chi connectivity index (χ4v) is 1.79. The number of esters is 1. The van der Waals surface area contributed by atoms with Crippen molar-refractivity contribution in [2.45, 2.75) is 4.83 Å². The van der Waals surface area contributed by atoms with Crippen molar-refractivity contribution >= 4 is 37.8 Å². The molecule has 0 unspecified atom stereocenters. The first-order chi connectivity index (χ1) is 6.15. The summed E-state index contributed by atoms with van der Waals surface area (Å²) in [6.45, 7) is 0. The molecule has 0 heterocycles. The van der Waals surface area contributed by atoms with Gasteiger partial charge < -0.3 is 4.74 Å². The summed E-state index contributed by atoms with van der Waals surface area (Å²) in [5, 5.41) is 0. The molecule has 0 radical (unpaired) electrons. The molecule has 1 rings (SSSR count). The number of rotatable bonds is 2. The van der Waals surface area contributed by atoms with Crippen LogP contribution in [0.5, 0.6) is 0 Å². The summed E-state index contributed by atoms with van der Waals surface area (Å²) in [4.78, 5) is 10.7. The number of halogens is 2. The first kappa shape index (κ1) is 10.7. The Morgan fingerprint density at radius 3 is 2.77 bits per heavy atom. The van der Waals surface area contributed by atoms with Gasteiger partial charge in [0.25, 0.3) is 0 Å². The van der Waals surface area contributed by atoms with Crippen molar-refractivity contribution in [1.29, 1.82) is 0 Å². The highest BCUT2D eigenvalue weighted by atomic mass is 79.9. The molecule has 0 saturated carbocycles. The maximum absolute atomic E-state index is 11.1. The molecular formula is C9H8Br2O2. The SMILES string of the molecule is COC(=O)[C@H](Br)c1cccc(Br)c1. The molecule has 13 heavy (non-hydrogen) atoms. The van der Waals surface area contributed by atoms with Gasteiger partial charge in [-0.25, -0.2) is 0 Å². The lowest BCUT2D eigenvalue weighted by atomic mass is 10.1. The third-order valence-corrected chi connectivity index (χ3v) is 2.95. The Hall–Kier alpha value is -0.350. The van der Waals surface area contributed by atoms with E-state index in [1.807, 2.05) is 24.3 Å². The van der Waals surface area contributed by atoms with Crippen molar-refractivity contribution in [2.75, 3.05) is 7.11 Å². The predicted octanol–water partition coefficient (Wildman–Crippen LogP) is 3.06. The van der Waals surface area contributed by atoms with Crippen LogP contribution in [0.1, 0.15) is 10.4 Å². The zero-order valence-electron chi connectivity index (χ0n) is 6.96. The second kappa shape index (κ2) is 4.77. The summed E-state index contributed by atoms with van der Waals surface area (Å²) in [7, 11) is 1.37. The predicted molar refractivity (Wildman–Crippen MR) is 57.8 cm³/mol. The van der Waals surface area contributed by atoms with Gasteiger partial charge in [-0.2, -0.15) is 0 Å². The standard InChI is InChI=1S/C9H8Br2O2/c1-13-9(12)8(11)6-3-2-4-7(10)5-6/h2-5,8H,1H3/t8-/m1/s1. The minimum Gasteiger partial charge on any atom is -0.468 e. The van der Waals surface area contributed by atoms with E-state index in [0.717, 1.165) is 10.0 Å². The smallest absolute Gasteiger partial charge is 0.323 e. The van der Waals surface area contributed by atoms with E-state index in [1.54, 1.807) is 0 Å². The second-order valence-electron chi connectivity index (χ2n) is 2.44. The average Bonchev–Trinajstić information content (AvgIpc) is 2.15. The largest absolute Gasteiger partial charge is 0.468 e. The highest BCUT2D eigenvalue weighted by Crippen LogP contribution is 2.26. The van der Waals surface area contributed by atoms with Gasteiger partial charge in [-0.1, -0.05) is 44.0 Å². The van der Waals surface area contributed by atoms with Crippen LogP contribution in [0.15, 0.2) is 28.7 Å². The summed E-state index contributed by atoms with van der Waals surface area (Å²) >= 11 is 6.58. The molecule has 0 spiro atoms. The molecule has 4 heteroatoms. The van der Waals surface area contributed by atoms with E-state index < -0.39 is 4.83 Å². The lowest BCUT2D eigenvalue weighted by Gasteiger charge is -2.07. The van der Waals surface area contributed by atoms with Crippen LogP contribution in [0.3, 0.4) is 0 Å². The van der Waals surface area contributed by atoms with E-state index in [2.05, 4.69) is 36.6 Å². The van der Waals surface area contributed by atoms with Crippen LogP contribution in [-0.4, -0.2) is 13.1 Å². The van der Waals surface area contributed by atoms with Crippen LogP contribution in [0.25, 0.3) is 0 Å². The summed E-state index contributed by atoms with van der Waals surface area (Å²) in [5.74, 6) is -0.293. The van der Waals surface area contributed by atoms with Crippen LogP contribution in [-0.2, 0) is 9.53 Å². The lowest BCUT2D eigenvalue weighted by Crippen LogP contribution is -2.07. The number of ether oxygens (including phenoxy) is 1. The molecule has 0 aliphatic carbocycles. The second-order valence-corrected chi connectivity index (χ2v) is 4.27. The van der Waals surface area contributed by atoms with Crippen molar-refractivity contribution in [2.24, 2.45) is 0 Å². The molecule has 2 nitrogen and oxygen atoms in total. The van der Waals surface area contributed by atoms with Crippen molar-refractivity contribution in [1.82, 2.24) is 0 Å². The van der Waals surface area contributed by atoms with Gasteiger partial charge in [0, 0.05) is 4.47 Å². The summed E-state index contributed by atoms with van der Waals surface area (Å²) < 4.78 is 5.55. The molecule has 1 aromatic carbocycles. The molecule has 70 valence electrons. The third-order valence-electron chi connectivity index (χ3n) is 1.55. The van der Waals surface area contributed by atoms with Crippen molar-refractivity contribution in [3.05, 3.63) is 34.3 Å². The molecule has 0 amide bonds. The monoisotopic (exact) mass is 306 g/mol. The number of carbonyl (C=O) groups excluding carboxylic acids is 1. The molecule has 1 aromatic rings. The third kappa shape index (κ3) is 2.81. The van der Waals surface area contributed by atoms with Crippen LogP contribution >= 0.6 is 31.9 Å². The highest BCUT2D eigenvalue weighted by Gasteiger charge is 2.17. The van der Waals surface area contributed by atoms with Crippen molar-refractivity contribution in [3.63, 3.8) is 0 Å². The number of methoxy groups -OCH3 is 1.